The number of halogens is 1. The Balaban J connectivity index is 1.52. The van der Waals surface area contributed by atoms with Gasteiger partial charge in [-0.05, 0) is 56.7 Å². The zero-order valence-corrected chi connectivity index (χ0v) is 16.5. The van der Waals surface area contributed by atoms with Crippen molar-refractivity contribution in [3.8, 4) is 5.75 Å². The van der Waals surface area contributed by atoms with Crippen LogP contribution in [-0.2, 0) is 9.59 Å². The van der Waals surface area contributed by atoms with Gasteiger partial charge in [-0.2, -0.15) is 0 Å². The smallest absolute Gasteiger partial charge is 0.263 e. The standard InChI is InChI=1S/C21H30FN3O3/c1-2-18(28-19-10-4-3-8-16(19)22)21(27)25-12-6-7-15(14-25)13-24-20(26)17-9-5-11-23-17/h3-4,8,10,15,17-18,23H,2,5-7,9,11-14H2,1H3,(H,24,26). The fourth-order valence-electron chi connectivity index (χ4n) is 3.91. The lowest BCUT2D eigenvalue weighted by Crippen LogP contribution is -2.49. The third-order valence-corrected chi connectivity index (χ3v) is 5.52. The number of hydrogen-bond acceptors (Lipinski definition) is 4. The monoisotopic (exact) mass is 391 g/mol. The molecular formula is C21H30FN3O3. The van der Waals surface area contributed by atoms with Crippen molar-refractivity contribution in [3.63, 3.8) is 0 Å². The number of benzene rings is 1. The maximum absolute atomic E-state index is 13.9. The van der Waals surface area contributed by atoms with Crippen LogP contribution in [0.1, 0.15) is 39.0 Å². The summed E-state index contributed by atoms with van der Waals surface area (Å²) < 4.78 is 19.5. The summed E-state index contributed by atoms with van der Waals surface area (Å²) in [6.45, 7) is 4.59. The summed E-state index contributed by atoms with van der Waals surface area (Å²) in [5.74, 6) is -0.190. The molecule has 0 bridgehead atoms. The molecule has 154 valence electrons. The number of piperidine rings is 1. The van der Waals surface area contributed by atoms with Gasteiger partial charge in [0, 0.05) is 19.6 Å². The molecule has 2 aliphatic heterocycles. The van der Waals surface area contributed by atoms with Crippen molar-refractivity contribution in [2.45, 2.75) is 51.2 Å². The summed E-state index contributed by atoms with van der Waals surface area (Å²) in [7, 11) is 0. The lowest BCUT2D eigenvalue weighted by atomic mass is 9.97. The molecule has 0 spiro atoms. The summed E-state index contributed by atoms with van der Waals surface area (Å²) in [5.41, 5.74) is 0. The average Bonchev–Trinajstić information content (AvgIpc) is 3.26. The summed E-state index contributed by atoms with van der Waals surface area (Å²) >= 11 is 0. The molecule has 28 heavy (non-hydrogen) atoms. The average molecular weight is 391 g/mol. The molecule has 0 aliphatic carbocycles. The van der Waals surface area contributed by atoms with E-state index in [0.29, 0.717) is 26.1 Å². The quantitative estimate of drug-likeness (QED) is 0.747. The highest BCUT2D eigenvalue weighted by Crippen LogP contribution is 2.22. The van der Waals surface area contributed by atoms with Gasteiger partial charge >= 0.3 is 0 Å². The number of hydrogen-bond donors (Lipinski definition) is 2. The van der Waals surface area contributed by atoms with Crippen LogP contribution in [0.5, 0.6) is 5.75 Å². The molecule has 2 aliphatic rings. The Hall–Kier alpha value is -2.15. The molecule has 1 aromatic carbocycles. The zero-order valence-electron chi connectivity index (χ0n) is 16.5. The van der Waals surface area contributed by atoms with E-state index < -0.39 is 11.9 Å². The minimum Gasteiger partial charge on any atom is -0.478 e. The van der Waals surface area contributed by atoms with Crippen molar-refractivity contribution in [3.05, 3.63) is 30.1 Å². The lowest BCUT2D eigenvalue weighted by molar-refractivity contribution is -0.140. The molecule has 3 atom stereocenters. The molecule has 2 amide bonds. The molecule has 0 radical (unpaired) electrons. The normalized spacial score (nSPS) is 23.3. The maximum Gasteiger partial charge on any atom is 0.263 e. The van der Waals surface area contributed by atoms with Crippen LogP contribution in [0.3, 0.4) is 0 Å². The molecule has 1 aromatic rings. The van der Waals surface area contributed by atoms with Gasteiger partial charge in [-0.1, -0.05) is 19.1 Å². The van der Waals surface area contributed by atoms with Gasteiger partial charge in [0.15, 0.2) is 17.7 Å². The fraction of sp³-hybridized carbons (Fsp3) is 0.619. The van der Waals surface area contributed by atoms with Crippen molar-refractivity contribution in [2.24, 2.45) is 5.92 Å². The van der Waals surface area contributed by atoms with Crippen LogP contribution in [0.4, 0.5) is 4.39 Å². The highest BCUT2D eigenvalue weighted by molar-refractivity contribution is 5.82. The number of carbonyl (C=O) groups is 2. The maximum atomic E-state index is 13.9. The predicted octanol–water partition coefficient (Wildman–Crippen LogP) is 2.09. The van der Waals surface area contributed by atoms with Crippen LogP contribution in [0.2, 0.25) is 0 Å². The highest BCUT2D eigenvalue weighted by Gasteiger charge is 2.30. The number of nitrogens with one attached hydrogen (secondary N) is 2. The Labute approximate surface area is 165 Å². The minimum atomic E-state index is -0.701. The first-order valence-corrected chi connectivity index (χ1v) is 10.3. The number of ether oxygens (including phenoxy) is 1. The SMILES string of the molecule is CCC(Oc1ccccc1F)C(=O)N1CCCC(CNC(=O)C2CCCN2)C1. The summed E-state index contributed by atoms with van der Waals surface area (Å²) in [6, 6.07) is 6.06. The van der Waals surface area contributed by atoms with Gasteiger partial charge in [0.1, 0.15) is 0 Å². The fourth-order valence-corrected chi connectivity index (χ4v) is 3.91. The largest absolute Gasteiger partial charge is 0.478 e. The first kappa shape index (κ1) is 20.6. The van der Waals surface area contributed by atoms with Gasteiger partial charge in [0.2, 0.25) is 5.91 Å². The summed E-state index contributed by atoms with van der Waals surface area (Å²) in [4.78, 5) is 26.9. The molecule has 2 saturated heterocycles. The van der Waals surface area contributed by atoms with Crippen LogP contribution in [0, 0.1) is 11.7 Å². The second-order valence-corrected chi connectivity index (χ2v) is 7.63. The van der Waals surface area contributed by atoms with Crippen molar-refractivity contribution < 1.29 is 18.7 Å². The topological polar surface area (TPSA) is 70.7 Å². The van der Waals surface area contributed by atoms with Gasteiger partial charge in [-0.15, -0.1) is 0 Å². The molecule has 2 heterocycles. The summed E-state index contributed by atoms with van der Waals surface area (Å²) in [5, 5.41) is 6.22. The van der Waals surface area contributed by atoms with Gasteiger partial charge in [-0.3, -0.25) is 9.59 Å². The van der Waals surface area contributed by atoms with E-state index in [9.17, 15) is 14.0 Å². The molecule has 2 N–H and O–H groups in total. The highest BCUT2D eigenvalue weighted by atomic mass is 19.1. The number of likely N-dealkylation sites (tertiary alicyclic amines) is 1. The van der Waals surface area contributed by atoms with Crippen molar-refractivity contribution in [2.75, 3.05) is 26.2 Å². The van der Waals surface area contributed by atoms with E-state index in [0.717, 1.165) is 32.2 Å². The van der Waals surface area contributed by atoms with E-state index in [1.807, 2.05) is 6.92 Å². The Morgan fingerprint density at radius 2 is 2.14 bits per heavy atom. The molecule has 3 rings (SSSR count). The Kier molecular flexibility index (Phi) is 7.25. The van der Waals surface area contributed by atoms with Crippen molar-refractivity contribution in [1.29, 1.82) is 0 Å². The van der Waals surface area contributed by atoms with E-state index in [1.54, 1.807) is 17.0 Å². The molecule has 6 nitrogen and oxygen atoms in total. The third-order valence-electron chi connectivity index (χ3n) is 5.52. The molecule has 0 saturated carbocycles. The number of carbonyl (C=O) groups excluding carboxylic acids is 2. The van der Waals surface area contributed by atoms with Crippen LogP contribution in [-0.4, -0.2) is 55.0 Å². The van der Waals surface area contributed by atoms with E-state index >= 15 is 0 Å². The predicted molar refractivity (Wildman–Crippen MR) is 104 cm³/mol. The Morgan fingerprint density at radius 1 is 1.32 bits per heavy atom. The van der Waals surface area contributed by atoms with E-state index in [4.69, 9.17) is 4.74 Å². The number of nitrogens with zero attached hydrogens (tertiary/aromatic N) is 1. The van der Waals surface area contributed by atoms with Gasteiger partial charge in [-0.25, -0.2) is 4.39 Å². The number of para-hydroxylation sites is 1. The molecule has 7 heteroatoms. The molecule has 0 aromatic heterocycles. The van der Waals surface area contributed by atoms with E-state index in [2.05, 4.69) is 10.6 Å². The lowest BCUT2D eigenvalue weighted by Gasteiger charge is -2.35. The Morgan fingerprint density at radius 3 is 2.86 bits per heavy atom. The van der Waals surface area contributed by atoms with Crippen molar-refractivity contribution in [1.82, 2.24) is 15.5 Å². The van der Waals surface area contributed by atoms with Gasteiger partial charge < -0.3 is 20.3 Å². The van der Waals surface area contributed by atoms with E-state index in [-0.39, 0.29) is 29.5 Å². The molecule has 3 unspecified atom stereocenters. The Bertz CT molecular complexity index is 679. The van der Waals surface area contributed by atoms with Gasteiger partial charge in [0.05, 0.1) is 6.04 Å². The minimum absolute atomic E-state index is 0.0512. The molecule has 2 fully saturated rings. The second-order valence-electron chi connectivity index (χ2n) is 7.63. The van der Waals surface area contributed by atoms with Gasteiger partial charge in [0.25, 0.3) is 5.91 Å². The number of amides is 2. The van der Waals surface area contributed by atoms with Crippen LogP contribution in [0.15, 0.2) is 24.3 Å². The van der Waals surface area contributed by atoms with Crippen LogP contribution >= 0.6 is 0 Å². The first-order valence-electron chi connectivity index (χ1n) is 10.3. The van der Waals surface area contributed by atoms with Crippen LogP contribution in [0.25, 0.3) is 0 Å². The van der Waals surface area contributed by atoms with Crippen LogP contribution < -0.4 is 15.4 Å². The zero-order chi connectivity index (χ0) is 19.9. The number of rotatable bonds is 7. The van der Waals surface area contributed by atoms with Crippen molar-refractivity contribution >= 4 is 11.8 Å². The third kappa shape index (κ3) is 5.22. The molecular weight excluding hydrogens is 361 g/mol. The summed E-state index contributed by atoms with van der Waals surface area (Å²) in [6.07, 6.45) is 3.56. The second kappa shape index (κ2) is 9.87. The first-order chi connectivity index (χ1) is 13.6. The van der Waals surface area contributed by atoms with E-state index in [1.165, 1.54) is 12.1 Å².